The number of aromatic amines is 2. The Balaban J connectivity index is 1.44. The lowest BCUT2D eigenvalue weighted by Gasteiger charge is -2.06. The number of hydrogen-bond acceptors (Lipinski definition) is 4. The van der Waals surface area contributed by atoms with Gasteiger partial charge in [-0.3, -0.25) is 10.1 Å². The molecule has 4 heterocycles. The van der Waals surface area contributed by atoms with Crippen LogP contribution in [0.15, 0.2) is 78.4 Å². The minimum absolute atomic E-state index is 0.818. The van der Waals surface area contributed by atoms with Gasteiger partial charge < -0.3 is 10.3 Å². The van der Waals surface area contributed by atoms with Gasteiger partial charge in [-0.1, -0.05) is 31.2 Å². The van der Waals surface area contributed by atoms with Crippen LogP contribution in [0, 0.1) is 0 Å². The van der Waals surface area contributed by atoms with E-state index in [0.29, 0.717) is 0 Å². The van der Waals surface area contributed by atoms with Crippen molar-refractivity contribution in [2.45, 2.75) is 13.5 Å². The lowest BCUT2D eigenvalue weighted by Crippen LogP contribution is -2.11. The number of thiophene rings is 1. The maximum atomic E-state index is 4.67. The van der Waals surface area contributed by atoms with Crippen molar-refractivity contribution in [1.29, 1.82) is 0 Å². The van der Waals surface area contributed by atoms with Gasteiger partial charge in [0.15, 0.2) is 0 Å². The highest BCUT2D eigenvalue weighted by Gasteiger charge is 2.14. The molecular formula is C27H23N5S. The van der Waals surface area contributed by atoms with Crippen LogP contribution in [0.25, 0.3) is 54.8 Å². The van der Waals surface area contributed by atoms with Crippen LogP contribution in [0.5, 0.6) is 0 Å². The van der Waals surface area contributed by atoms with Crippen LogP contribution < -0.4 is 5.32 Å². The van der Waals surface area contributed by atoms with Crippen LogP contribution in [0.3, 0.4) is 0 Å². The van der Waals surface area contributed by atoms with E-state index in [2.05, 4.69) is 98.4 Å². The molecule has 0 amide bonds. The summed E-state index contributed by atoms with van der Waals surface area (Å²) < 4.78 is 0. The summed E-state index contributed by atoms with van der Waals surface area (Å²) in [6.45, 7) is 3.87. The molecule has 0 aliphatic heterocycles. The van der Waals surface area contributed by atoms with Crippen LogP contribution >= 0.6 is 11.3 Å². The minimum Gasteiger partial charge on any atom is -0.353 e. The molecule has 0 fully saturated rings. The Morgan fingerprint density at radius 2 is 1.88 bits per heavy atom. The lowest BCUT2D eigenvalue weighted by atomic mass is 10.0. The Labute approximate surface area is 195 Å². The summed E-state index contributed by atoms with van der Waals surface area (Å²) in [4.78, 5) is 9.31. The molecule has 0 aliphatic rings. The van der Waals surface area contributed by atoms with E-state index in [4.69, 9.17) is 0 Å². The number of fused-ring (bicyclic) bond motifs is 2. The van der Waals surface area contributed by atoms with E-state index >= 15 is 0 Å². The van der Waals surface area contributed by atoms with Crippen LogP contribution in [0.2, 0.25) is 0 Å². The molecule has 33 heavy (non-hydrogen) atoms. The van der Waals surface area contributed by atoms with Gasteiger partial charge in [-0.25, -0.2) is 0 Å². The highest BCUT2D eigenvalue weighted by Crippen LogP contribution is 2.36. The molecule has 0 atom stereocenters. The fraction of sp³-hybridized carbons (Fsp3) is 0.111. The molecule has 162 valence electrons. The summed E-state index contributed by atoms with van der Waals surface area (Å²) in [6, 6.07) is 21.5. The van der Waals surface area contributed by atoms with E-state index in [-0.39, 0.29) is 0 Å². The summed E-state index contributed by atoms with van der Waals surface area (Å²) >= 11 is 1.76. The van der Waals surface area contributed by atoms with E-state index in [0.717, 1.165) is 52.0 Å². The highest BCUT2D eigenvalue weighted by molar-refractivity contribution is 7.13. The number of hydrogen-bond donors (Lipinski definition) is 3. The van der Waals surface area contributed by atoms with Gasteiger partial charge in [0, 0.05) is 51.2 Å². The molecule has 5 nitrogen and oxygen atoms in total. The van der Waals surface area contributed by atoms with Gasteiger partial charge in [0.05, 0.1) is 11.2 Å². The van der Waals surface area contributed by atoms with Gasteiger partial charge in [-0.15, -0.1) is 11.3 Å². The SMILES string of the molecule is CCNCc1cncc(-c2ccc3[nH]nc(-c4cc5c(-c6cccs6)cccc5[nH]4)c3c2)c1. The third-order valence-corrected chi connectivity index (χ3v) is 6.88. The molecule has 4 aromatic heterocycles. The lowest BCUT2D eigenvalue weighted by molar-refractivity contribution is 0.724. The van der Waals surface area contributed by atoms with Crippen molar-refractivity contribution in [3.8, 4) is 33.0 Å². The van der Waals surface area contributed by atoms with Crippen molar-refractivity contribution in [3.63, 3.8) is 0 Å². The summed E-state index contributed by atoms with van der Waals surface area (Å²) in [7, 11) is 0. The number of benzene rings is 2. The topological polar surface area (TPSA) is 69.4 Å². The van der Waals surface area contributed by atoms with Crippen LogP contribution in [-0.4, -0.2) is 26.7 Å². The van der Waals surface area contributed by atoms with Gasteiger partial charge in [-0.05, 0) is 59.4 Å². The molecule has 6 heteroatoms. The maximum absolute atomic E-state index is 4.67. The van der Waals surface area contributed by atoms with Crippen molar-refractivity contribution in [1.82, 2.24) is 25.5 Å². The third-order valence-electron chi connectivity index (χ3n) is 5.98. The molecule has 0 saturated heterocycles. The molecule has 6 rings (SSSR count). The Hall–Kier alpha value is -3.74. The van der Waals surface area contributed by atoms with E-state index in [1.54, 1.807) is 11.3 Å². The predicted octanol–water partition coefficient (Wildman–Crippen LogP) is 6.61. The summed E-state index contributed by atoms with van der Waals surface area (Å²) in [5.74, 6) is 0. The normalized spacial score (nSPS) is 11.5. The van der Waals surface area contributed by atoms with Crippen molar-refractivity contribution in [2.24, 2.45) is 0 Å². The highest BCUT2D eigenvalue weighted by atomic mass is 32.1. The van der Waals surface area contributed by atoms with Gasteiger partial charge in [0.2, 0.25) is 0 Å². The second-order valence-corrected chi connectivity index (χ2v) is 9.07. The second kappa shape index (κ2) is 8.31. The summed E-state index contributed by atoms with van der Waals surface area (Å²) in [5.41, 5.74) is 8.73. The molecule has 0 aliphatic carbocycles. The first-order valence-electron chi connectivity index (χ1n) is 11.1. The number of nitrogens with one attached hydrogen (secondary N) is 3. The Morgan fingerprint density at radius 3 is 2.76 bits per heavy atom. The Morgan fingerprint density at radius 1 is 0.909 bits per heavy atom. The van der Waals surface area contributed by atoms with E-state index < -0.39 is 0 Å². The fourth-order valence-corrected chi connectivity index (χ4v) is 5.11. The zero-order valence-electron chi connectivity index (χ0n) is 18.2. The molecule has 0 bridgehead atoms. The maximum Gasteiger partial charge on any atom is 0.116 e. The standard InChI is InChI=1S/C27H23N5S/c1-2-28-14-17-11-19(16-29-15-17)18-8-9-24-22(12-18)27(32-31-24)25-13-21-20(26-7-4-10-33-26)5-3-6-23(21)30-25/h3-13,15-16,28,30H,2,14H2,1H3,(H,31,32). The molecule has 3 N–H and O–H groups in total. The average Bonchev–Trinajstić information content (AvgIpc) is 3.61. The molecule has 0 spiro atoms. The van der Waals surface area contributed by atoms with Gasteiger partial charge in [-0.2, -0.15) is 5.10 Å². The summed E-state index contributed by atoms with van der Waals surface area (Å²) in [5, 5.41) is 15.7. The first kappa shape index (κ1) is 19.9. The molecule has 0 saturated carbocycles. The van der Waals surface area contributed by atoms with Crippen molar-refractivity contribution in [3.05, 3.63) is 84.0 Å². The number of H-pyrrole nitrogens is 2. The van der Waals surface area contributed by atoms with Crippen LogP contribution in [0.1, 0.15) is 12.5 Å². The van der Waals surface area contributed by atoms with Crippen LogP contribution in [0.4, 0.5) is 0 Å². The number of rotatable bonds is 6. The smallest absolute Gasteiger partial charge is 0.116 e. The van der Waals surface area contributed by atoms with Crippen LogP contribution in [-0.2, 0) is 6.54 Å². The third kappa shape index (κ3) is 3.63. The number of nitrogens with zero attached hydrogens (tertiary/aromatic N) is 2. The van der Waals surface area contributed by atoms with E-state index in [1.165, 1.54) is 21.4 Å². The Kier molecular flexibility index (Phi) is 5.02. The molecule has 2 aromatic carbocycles. The summed E-state index contributed by atoms with van der Waals surface area (Å²) in [6.07, 6.45) is 3.84. The predicted molar refractivity (Wildman–Crippen MR) is 137 cm³/mol. The zero-order chi connectivity index (χ0) is 22.2. The van der Waals surface area contributed by atoms with E-state index in [9.17, 15) is 0 Å². The van der Waals surface area contributed by atoms with E-state index in [1.807, 2.05) is 12.4 Å². The van der Waals surface area contributed by atoms with Crippen molar-refractivity contribution < 1.29 is 0 Å². The second-order valence-electron chi connectivity index (χ2n) is 8.12. The molecular weight excluding hydrogens is 426 g/mol. The number of pyridine rings is 1. The van der Waals surface area contributed by atoms with Crippen molar-refractivity contribution >= 4 is 33.1 Å². The van der Waals surface area contributed by atoms with Gasteiger partial charge in [0.1, 0.15) is 5.69 Å². The monoisotopic (exact) mass is 449 g/mol. The first-order chi connectivity index (χ1) is 16.3. The molecule has 6 aromatic rings. The number of aromatic nitrogens is 4. The van der Waals surface area contributed by atoms with Gasteiger partial charge in [0.25, 0.3) is 0 Å². The average molecular weight is 450 g/mol. The quantitative estimate of drug-likeness (QED) is 0.268. The molecule has 0 radical (unpaired) electrons. The minimum atomic E-state index is 0.818. The Bertz CT molecular complexity index is 1560. The zero-order valence-corrected chi connectivity index (χ0v) is 19.0. The van der Waals surface area contributed by atoms with Gasteiger partial charge >= 0.3 is 0 Å². The largest absolute Gasteiger partial charge is 0.353 e. The first-order valence-corrected chi connectivity index (χ1v) is 12.0. The fourth-order valence-electron chi connectivity index (χ4n) is 4.34. The molecule has 0 unspecified atom stereocenters. The van der Waals surface area contributed by atoms with Crippen molar-refractivity contribution in [2.75, 3.05) is 6.54 Å².